The van der Waals surface area contributed by atoms with E-state index in [0.29, 0.717) is 5.56 Å². The number of nitro benzene ring substituents is 1. The van der Waals surface area contributed by atoms with E-state index in [1.807, 2.05) is 32.0 Å². The van der Waals surface area contributed by atoms with Crippen LogP contribution in [-0.2, 0) is 4.79 Å². The van der Waals surface area contributed by atoms with Crippen LogP contribution in [0.2, 0.25) is 0 Å². The average molecular weight is 355 g/mol. The topological polar surface area (TPSA) is 84.3 Å². The van der Waals surface area contributed by atoms with Gasteiger partial charge in [-0.1, -0.05) is 24.3 Å². The molecule has 0 spiro atoms. The van der Waals surface area contributed by atoms with Crippen molar-refractivity contribution in [1.29, 1.82) is 0 Å². The molecule has 0 bridgehead atoms. The van der Waals surface area contributed by atoms with Crippen LogP contribution in [0.5, 0.6) is 0 Å². The first-order chi connectivity index (χ1) is 11.9. The molecule has 0 saturated heterocycles. The maximum absolute atomic E-state index is 11.9. The first-order valence-corrected chi connectivity index (χ1v) is 7.88. The van der Waals surface area contributed by atoms with Gasteiger partial charge in [-0.05, 0) is 54.9 Å². The van der Waals surface area contributed by atoms with Crippen molar-refractivity contribution in [3.05, 3.63) is 75.3 Å². The van der Waals surface area contributed by atoms with E-state index in [1.54, 1.807) is 12.1 Å². The van der Waals surface area contributed by atoms with Crippen LogP contribution in [0.25, 0.3) is 6.08 Å². The Kier molecular flexibility index (Phi) is 5.97. The third-order valence-corrected chi connectivity index (χ3v) is 3.80. The van der Waals surface area contributed by atoms with E-state index in [-0.39, 0.29) is 10.8 Å². The van der Waals surface area contributed by atoms with Crippen molar-refractivity contribution in [3.63, 3.8) is 0 Å². The number of carbonyl (C=O) groups is 1. The van der Waals surface area contributed by atoms with Gasteiger partial charge in [0.1, 0.15) is 0 Å². The lowest BCUT2D eigenvalue weighted by Crippen LogP contribution is -2.33. The van der Waals surface area contributed by atoms with Crippen molar-refractivity contribution in [3.8, 4) is 0 Å². The largest absolute Gasteiger partial charge is 0.332 e. The summed E-state index contributed by atoms with van der Waals surface area (Å²) in [5, 5.41) is 16.4. The zero-order valence-electron chi connectivity index (χ0n) is 13.8. The summed E-state index contributed by atoms with van der Waals surface area (Å²) >= 11 is 5.13. The van der Waals surface area contributed by atoms with E-state index in [2.05, 4.69) is 10.6 Å². The zero-order chi connectivity index (χ0) is 18.4. The Bertz CT molecular complexity index is 862. The van der Waals surface area contributed by atoms with Crippen molar-refractivity contribution >= 4 is 40.7 Å². The molecule has 2 rings (SSSR count). The van der Waals surface area contributed by atoms with Crippen molar-refractivity contribution in [1.82, 2.24) is 5.32 Å². The van der Waals surface area contributed by atoms with Crippen molar-refractivity contribution < 1.29 is 9.72 Å². The van der Waals surface area contributed by atoms with Crippen LogP contribution in [0.15, 0.2) is 48.5 Å². The summed E-state index contributed by atoms with van der Waals surface area (Å²) < 4.78 is 0. The number of amides is 1. The molecule has 0 aliphatic rings. The fourth-order valence-electron chi connectivity index (χ4n) is 2.11. The van der Waals surface area contributed by atoms with Crippen LogP contribution in [0, 0.1) is 24.0 Å². The van der Waals surface area contributed by atoms with E-state index in [4.69, 9.17) is 12.2 Å². The number of nitro groups is 1. The Labute approximate surface area is 150 Å². The van der Waals surface area contributed by atoms with E-state index >= 15 is 0 Å². The number of rotatable bonds is 4. The normalized spacial score (nSPS) is 10.5. The standard InChI is InChI=1S/C18H17N3O3S/c1-12-5-3-8-16(13(12)2)19-18(25)20-17(22)10-9-14-6-4-7-15(11-14)21(23)24/h3-11H,1-2H3,(H2,19,20,22,25)/b10-9+. The minimum absolute atomic E-state index is 0.0327. The number of hydrogen-bond donors (Lipinski definition) is 2. The highest BCUT2D eigenvalue weighted by Crippen LogP contribution is 2.17. The Morgan fingerprint density at radius 2 is 1.92 bits per heavy atom. The Morgan fingerprint density at radius 1 is 1.20 bits per heavy atom. The third-order valence-electron chi connectivity index (χ3n) is 3.60. The zero-order valence-corrected chi connectivity index (χ0v) is 14.6. The van der Waals surface area contributed by atoms with Crippen LogP contribution >= 0.6 is 12.2 Å². The fraction of sp³-hybridized carbons (Fsp3) is 0.111. The van der Waals surface area contributed by atoms with Gasteiger partial charge in [0.25, 0.3) is 5.69 Å². The predicted molar refractivity (Wildman–Crippen MR) is 102 cm³/mol. The van der Waals surface area contributed by atoms with Gasteiger partial charge in [0.05, 0.1) is 4.92 Å². The van der Waals surface area contributed by atoms with Crippen LogP contribution in [-0.4, -0.2) is 15.9 Å². The molecule has 7 heteroatoms. The van der Waals surface area contributed by atoms with Gasteiger partial charge < -0.3 is 5.32 Å². The molecule has 2 aromatic carbocycles. The summed E-state index contributed by atoms with van der Waals surface area (Å²) in [5.74, 6) is -0.422. The van der Waals surface area contributed by atoms with Gasteiger partial charge >= 0.3 is 0 Å². The summed E-state index contributed by atoms with van der Waals surface area (Å²) in [6.07, 6.45) is 2.76. The van der Waals surface area contributed by atoms with E-state index in [1.165, 1.54) is 24.3 Å². The van der Waals surface area contributed by atoms with Gasteiger partial charge in [0.2, 0.25) is 5.91 Å². The van der Waals surface area contributed by atoms with Crippen LogP contribution in [0.1, 0.15) is 16.7 Å². The summed E-state index contributed by atoms with van der Waals surface area (Å²) in [5.41, 5.74) is 3.51. The maximum atomic E-state index is 11.9. The molecule has 0 atom stereocenters. The lowest BCUT2D eigenvalue weighted by molar-refractivity contribution is -0.384. The Morgan fingerprint density at radius 3 is 2.64 bits per heavy atom. The number of anilines is 1. The number of thiocarbonyl (C=S) groups is 1. The molecule has 6 nitrogen and oxygen atoms in total. The number of nitrogens with one attached hydrogen (secondary N) is 2. The van der Waals surface area contributed by atoms with Gasteiger partial charge in [-0.3, -0.25) is 20.2 Å². The Hall–Kier alpha value is -3.06. The number of non-ortho nitro benzene ring substituents is 1. The second kappa shape index (κ2) is 8.16. The molecule has 25 heavy (non-hydrogen) atoms. The number of benzene rings is 2. The van der Waals surface area contributed by atoms with Gasteiger partial charge in [-0.25, -0.2) is 0 Å². The fourth-order valence-corrected chi connectivity index (χ4v) is 2.32. The predicted octanol–water partition coefficient (Wildman–Crippen LogP) is 3.74. The number of hydrogen-bond acceptors (Lipinski definition) is 4. The van der Waals surface area contributed by atoms with Crippen molar-refractivity contribution in [2.24, 2.45) is 0 Å². The molecule has 0 unspecified atom stereocenters. The maximum Gasteiger partial charge on any atom is 0.270 e. The van der Waals surface area contributed by atoms with Crippen molar-refractivity contribution in [2.75, 3.05) is 5.32 Å². The number of carbonyl (C=O) groups excluding carboxylic acids is 1. The number of aryl methyl sites for hydroxylation is 1. The first kappa shape index (κ1) is 18.3. The lowest BCUT2D eigenvalue weighted by Gasteiger charge is -2.12. The molecule has 0 fully saturated rings. The van der Waals surface area contributed by atoms with Gasteiger partial charge in [0.15, 0.2) is 5.11 Å². The lowest BCUT2D eigenvalue weighted by atomic mass is 10.1. The summed E-state index contributed by atoms with van der Waals surface area (Å²) in [4.78, 5) is 22.2. The smallest absolute Gasteiger partial charge is 0.270 e. The average Bonchev–Trinajstić information content (AvgIpc) is 2.57. The highest BCUT2D eigenvalue weighted by Gasteiger charge is 2.06. The minimum atomic E-state index is -0.485. The number of nitrogens with zero attached hydrogens (tertiary/aromatic N) is 1. The monoisotopic (exact) mass is 355 g/mol. The molecular formula is C18H17N3O3S. The minimum Gasteiger partial charge on any atom is -0.332 e. The van der Waals surface area contributed by atoms with Crippen LogP contribution in [0.4, 0.5) is 11.4 Å². The van der Waals surface area contributed by atoms with Crippen molar-refractivity contribution in [2.45, 2.75) is 13.8 Å². The molecule has 0 radical (unpaired) electrons. The van der Waals surface area contributed by atoms with Crippen LogP contribution < -0.4 is 10.6 Å². The molecule has 0 saturated carbocycles. The first-order valence-electron chi connectivity index (χ1n) is 7.47. The molecule has 128 valence electrons. The molecule has 0 aliphatic carbocycles. The van der Waals surface area contributed by atoms with Gasteiger partial charge in [0, 0.05) is 23.9 Å². The van der Waals surface area contributed by atoms with E-state index in [0.717, 1.165) is 16.8 Å². The second-order valence-corrected chi connectivity index (χ2v) is 5.78. The highest BCUT2D eigenvalue weighted by atomic mass is 32.1. The van der Waals surface area contributed by atoms with E-state index in [9.17, 15) is 14.9 Å². The molecular weight excluding hydrogens is 338 g/mol. The van der Waals surface area contributed by atoms with Gasteiger partial charge in [-0.15, -0.1) is 0 Å². The van der Waals surface area contributed by atoms with Crippen LogP contribution in [0.3, 0.4) is 0 Å². The quantitative estimate of drug-likeness (QED) is 0.378. The molecule has 2 aromatic rings. The SMILES string of the molecule is Cc1cccc(NC(=S)NC(=O)/C=C/c2cccc([N+](=O)[O-])c2)c1C. The van der Waals surface area contributed by atoms with Gasteiger partial charge in [-0.2, -0.15) is 0 Å². The summed E-state index contributed by atoms with van der Waals surface area (Å²) in [7, 11) is 0. The molecule has 0 heterocycles. The second-order valence-electron chi connectivity index (χ2n) is 5.38. The molecule has 0 aliphatic heterocycles. The highest BCUT2D eigenvalue weighted by molar-refractivity contribution is 7.80. The summed E-state index contributed by atoms with van der Waals surface area (Å²) in [6, 6.07) is 11.8. The Balaban J connectivity index is 1.97. The third kappa shape index (κ3) is 5.22. The van der Waals surface area contributed by atoms with E-state index < -0.39 is 10.8 Å². The molecule has 2 N–H and O–H groups in total. The molecule has 0 aromatic heterocycles. The summed E-state index contributed by atoms with van der Waals surface area (Å²) in [6.45, 7) is 3.95. The molecule has 1 amide bonds.